The van der Waals surface area contributed by atoms with Gasteiger partial charge in [-0.15, -0.1) is 0 Å². The first-order valence-electron chi connectivity index (χ1n) is 6.14. The van der Waals surface area contributed by atoms with Crippen LogP contribution in [0.15, 0.2) is 45.5 Å². The van der Waals surface area contributed by atoms with Crippen LogP contribution in [0.2, 0.25) is 0 Å². The van der Waals surface area contributed by atoms with Gasteiger partial charge in [-0.1, -0.05) is 15.9 Å². The van der Waals surface area contributed by atoms with Crippen LogP contribution < -0.4 is 5.73 Å². The van der Waals surface area contributed by atoms with E-state index < -0.39 is 0 Å². The SMILES string of the molecule is CCn1cc(C(N)c2cc3cc(Br)ccc3o2)cn1. The molecule has 0 saturated carbocycles. The molecule has 0 spiro atoms. The van der Waals surface area contributed by atoms with Gasteiger partial charge in [0.2, 0.25) is 0 Å². The molecule has 2 aromatic heterocycles. The van der Waals surface area contributed by atoms with E-state index in [4.69, 9.17) is 10.2 Å². The van der Waals surface area contributed by atoms with Crippen molar-refractivity contribution in [3.63, 3.8) is 0 Å². The fourth-order valence-electron chi connectivity index (χ4n) is 2.07. The second kappa shape index (κ2) is 4.83. The number of rotatable bonds is 3. The molecule has 0 aliphatic heterocycles. The third-order valence-corrected chi connectivity index (χ3v) is 3.63. The molecule has 0 aliphatic carbocycles. The molecule has 1 atom stereocenters. The number of nitrogens with zero attached hydrogens (tertiary/aromatic N) is 2. The van der Waals surface area contributed by atoms with Crippen LogP contribution in [0.3, 0.4) is 0 Å². The summed E-state index contributed by atoms with van der Waals surface area (Å²) in [4.78, 5) is 0. The number of aryl methyl sites for hydroxylation is 1. The Bertz CT molecular complexity index is 716. The maximum Gasteiger partial charge on any atom is 0.134 e. The standard InChI is InChI=1S/C14H14BrN3O/c1-2-18-8-10(7-17-18)14(16)13-6-9-5-11(15)3-4-12(9)19-13/h3-8,14H,2,16H2,1H3. The van der Waals surface area contributed by atoms with Gasteiger partial charge in [0.05, 0.1) is 12.2 Å². The van der Waals surface area contributed by atoms with E-state index in [-0.39, 0.29) is 6.04 Å². The quantitative estimate of drug-likeness (QED) is 0.804. The molecule has 2 heterocycles. The van der Waals surface area contributed by atoms with E-state index in [1.165, 1.54) is 0 Å². The molecule has 0 aliphatic rings. The summed E-state index contributed by atoms with van der Waals surface area (Å²) < 4.78 is 8.68. The Labute approximate surface area is 119 Å². The lowest BCUT2D eigenvalue weighted by molar-refractivity contribution is 0.524. The number of hydrogen-bond acceptors (Lipinski definition) is 3. The molecule has 1 aromatic carbocycles. The van der Waals surface area contributed by atoms with E-state index in [0.29, 0.717) is 0 Å². The number of hydrogen-bond donors (Lipinski definition) is 1. The summed E-state index contributed by atoms with van der Waals surface area (Å²) in [6.45, 7) is 2.88. The summed E-state index contributed by atoms with van der Waals surface area (Å²) >= 11 is 3.45. The maximum atomic E-state index is 6.23. The highest BCUT2D eigenvalue weighted by Crippen LogP contribution is 2.28. The Morgan fingerprint density at radius 3 is 3.00 bits per heavy atom. The zero-order valence-electron chi connectivity index (χ0n) is 10.5. The van der Waals surface area contributed by atoms with Crippen LogP contribution in [0.1, 0.15) is 24.3 Å². The molecule has 3 aromatic rings. The monoisotopic (exact) mass is 319 g/mol. The Balaban J connectivity index is 1.98. The topological polar surface area (TPSA) is 57.0 Å². The van der Waals surface area contributed by atoms with Gasteiger partial charge in [-0.3, -0.25) is 4.68 Å². The van der Waals surface area contributed by atoms with Gasteiger partial charge in [-0.2, -0.15) is 5.10 Å². The average Bonchev–Trinajstić information content (AvgIpc) is 3.03. The van der Waals surface area contributed by atoms with Gasteiger partial charge >= 0.3 is 0 Å². The summed E-state index contributed by atoms with van der Waals surface area (Å²) in [5.41, 5.74) is 8.03. The van der Waals surface area contributed by atoms with E-state index in [0.717, 1.165) is 33.3 Å². The van der Waals surface area contributed by atoms with Gasteiger partial charge in [0.15, 0.2) is 0 Å². The van der Waals surface area contributed by atoms with Crippen LogP contribution in [0.5, 0.6) is 0 Å². The molecular formula is C14H14BrN3O. The van der Waals surface area contributed by atoms with Gasteiger partial charge < -0.3 is 10.2 Å². The zero-order valence-corrected chi connectivity index (χ0v) is 12.1. The maximum absolute atomic E-state index is 6.23. The molecule has 0 radical (unpaired) electrons. The van der Waals surface area contributed by atoms with Crippen molar-refractivity contribution in [1.82, 2.24) is 9.78 Å². The van der Waals surface area contributed by atoms with Crippen LogP contribution in [0, 0.1) is 0 Å². The van der Waals surface area contributed by atoms with Crippen LogP contribution >= 0.6 is 15.9 Å². The van der Waals surface area contributed by atoms with E-state index >= 15 is 0 Å². The number of benzene rings is 1. The first-order valence-corrected chi connectivity index (χ1v) is 6.93. The highest BCUT2D eigenvalue weighted by molar-refractivity contribution is 9.10. The molecule has 0 fully saturated rings. The van der Waals surface area contributed by atoms with Crippen molar-refractivity contribution >= 4 is 26.9 Å². The van der Waals surface area contributed by atoms with Gasteiger partial charge in [0, 0.05) is 28.2 Å². The highest BCUT2D eigenvalue weighted by Gasteiger charge is 2.16. The van der Waals surface area contributed by atoms with Gasteiger partial charge in [-0.25, -0.2) is 0 Å². The van der Waals surface area contributed by atoms with Crippen molar-refractivity contribution in [3.8, 4) is 0 Å². The molecule has 19 heavy (non-hydrogen) atoms. The van der Waals surface area contributed by atoms with Crippen LogP contribution in [0.25, 0.3) is 11.0 Å². The summed E-state index contributed by atoms with van der Waals surface area (Å²) in [6.07, 6.45) is 3.74. The van der Waals surface area contributed by atoms with Crippen LogP contribution in [0.4, 0.5) is 0 Å². The molecule has 5 heteroatoms. The molecule has 0 amide bonds. The molecule has 0 bridgehead atoms. The van der Waals surface area contributed by atoms with E-state index in [2.05, 4.69) is 21.0 Å². The predicted octanol–water partition coefficient (Wildman–Crippen LogP) is 3.46. The van der Waals surface area contributed by atoms with Crippen LogP contribution in [-0.4, -0.2) is 9.78 Å². The van der Waals surface area contributed by atoms with Crippen molar-refractivity contribution in [2.75, 3.05) is 0 Å². The number of aromatic nitrogens is 2. The van der Waals surface area contributed by atoms with Gasteiger partial charge in [0.1, 0.15) is 11.3 Å². The Hall–Kier alpha value is -1.59. The van der Waals surface area contributed by atoms with Crippen molar-refractivity contribution in [3.05, 3.63) is 52.5 Å². The normalized spacial score (nSPS) is 13.0. The molecule has 4 nitrogen and oxygen atoms in total. The fourth-order valence-corrected chi connectivity index (χ4v) is 2.44. The van der Waals surface area contributed by atoms with Crippen molar-refractivity contribution in [1.29, 1.82) is 0 Å². The minimum Gasteiger partial charge on any atom is -0.459 e. The van der Waals surface area contributed by atoms with Gasteiger partial charge in [-0.05, 0) is 31.2 Å². The first kappa shape index (κ1) is 12.4. The molecule has 98 valence electrons. The minimum atomic E-state index is -0.286. The summed E-state index contributed by atoms with van der Waals surface area (Å²) in [5, 5.41) is 5.28. The highest BCUT2D eigenvalue weighted by atomic mass is 79.9. The molecular weight excluding hydrogens is 306 g/mol. The van der Waals surface area contributed by atoms with Crippen molar-refractivity contribution in [2.24, 2.45) is 5.73 Å². The Morgan fingerprint density at radius 2 is 2.26 bits per heavy atom. The van der Waals surface area contributed by atoms with Crippen LogP contribution in [-0.2, 0) is 6.54 Å². The minimum absolute atomic E-state index is 0.286. The summed E-state index contributed by atoms with van der Waals surface area (Å²) in [5.74, 6) is 0.753. The van der Waals surface area contributed by atoms with E-state index in [1.807, 2.05) is 42.1 Å². The zero-order chi connectivity index (χ0) is 13.4. The molecule has 2 N–H and O–H groups in total. The third-order valence-electron chi connectivity index (χ3n) is 3.14. The van der Waals surface area contributed by atoms with Crippen molar-refractivity contribution in [2.45, 2.75) is 19.5 Å². The Morgan fingerprint density at radius 1 is 1.42 bits per heavy atom. The molecule has 0 saturated heterocycles. The number of fused-ring (bicyclic) bond motifs is 1. The van der Waals surface area contributed by atoms with Gasteiger partial charge in [0.25, 0.3) is 0 Å². The second-order valence-corrected chi connectivity index (χ2v) is 5.35. The predicted molar refractivity (Wildman–Crippen MR) is 77.8 cm³/mol. The molecule has 3 rings (SSSR count). The fraction of sp³-hybridized carbons (Fsp3) is 0.214. The number of furan rings is 1. The lowest BCUT2D eigenvalue weighted by Crippen LogP contribution is -2.09. The van der Waals surface area contributed by atoms with Crippen molar-refractivity contribution < 1.29 is 4.42 Å². The lowest BCUT2D eigenvalue weighted by Gasteiger charge is -2.04. The third kappa shape index (κ3) is 2.31. The number of halogens is 1. The van der Waals surface area contributed by atoms with E-state index in [1.54, 1.807) is 6.20 Å². The smallest absolute Gasteiger partial charge is 0.134 e. The molecule has 1 unspecified atom stereocenters. The average molecular weight is 320 g/mol. The summed E-state index contributed by atoms with van der Waals surface area (Å²) in [7, 11) is 0. The first-order chi connectivity index (χ1) is 9.17. The number of nitrogens with two attached hydrogens (primary N) is 1. The van der Waals surface area contributed by atoms with E-state index in [9.17, 15) is 0 Å². The second-order valence-electron chi connectivity index (χ2n) is 4.44. The Kier molecular flexibility index (Phi) is 3.16. The largest absolute Gasteiger partial charge is 0.459 e. The lowest BCUT2D eigenvalue weighted by atomic mass is 10.1. The summed E-state index contributed by atoms with van der Waals surface area (Å²) in [6, 6.07) is 7.60.